The highest BCUT2D eigenvalue weighted by Crippen LogP contribution is 2.39. The van der Waals surface area contributed by atoms with Crippen molar-refractivity contribution in [3.05, 3.63) is 127 Å². The van der Waals surface area contributed by atoms with Crippen molar-refractivity contribution in [1.29, 1.82) is 0 Å². The standard InChI is InChI=1S/C34H21N3S/c1-3-10-23(11-4-1)28-21-29(24-12-5-2-6-13-24)36-34(35-28)37-30-16-15-22-9-7-8-14-26(22)33(30)27-20-32-25(17-18-38-32)19-31(27)37/h1-21H. The zero-order valence-electron chi connectivity index (χ0n) is 20.4. The van der Waals surface area contributed by atoms with Crippen molar-refractivity contribution in [1.82, 2.24) is 14.5 Å². The second-order valence-corrected chi connectivity index (χ2v) is 10.5. The van der Waals surface area contributed by atoms with Crippen LogP contribution in [0.5, 0.6) is 0 Å². The third kappa shape index (κ3) is 3.28. The Balaban J connectivity index is 1.52. The number of hydrogen-bond acceptors (Lipinski definition) is 3. The lowest BCUT2D eigenvalue weighted by Crippen LogP contribution is -2.04. The van der Waals surface area contributed by atoms with E-state index in [1.54, 1.807) is 11.3 Å². The minimum absolute atomic E-state index is 0.676. The fourth-order valence-corrected chi connectivity index (χ4v) is 6.32. The molecule has 0 aliphatic carbocycles. The molecule has 0 saturated heterocycles. The molecule has 0 fully saturated rings. The van der Waals surface area contributed by atoms with Crippen LogP contribution in [0.2, 0.25) is 0 Å². The van der Waals surface area contributed by atoms with Gasteiger partial charge in [0.2, 0.25) is 5.95 Å². The maximum absolute atomic E-state index is 5.17. The first kappa shape index (κ1) is 21.3. The monoisotopic (exact) mass is 503 g/mol. The van der Waals surface area contributed by atoms with Gasteiger partial charge in [0.25, 0.3) is 0 Å². The normalized spacial score (nSPS) is 11.7. The van der Waals surface area contributed by atoms with Crippen LogP contribution in [0.4, 0.5) is 0 Å². The summed E-state index contributed by atoms with van der Waals surface area (Å²) in [5, 5.41) is 8.33. The average Bonchev–Trinajstić information content (AvgIpc) is 3.58. The molecule has 8 aromatic rings. The molecular weight excluding hydrogens is 482 g/mol. The summed E-state index contributed by atoms with van der Waals surface area (Å²) in [6.07, 6.45) is 0. The smallest absolute Gasteiger partial charge is 0.235 e. The molecule has 0 spiro atoms. The lowest BCUT2D eigenvalue weighted by atomic mass is 10.0. The van der Waals surface area contributed by atoms with Crippen LogP contribution in [-0.2, 0) is 0 Å². The predicted octanol–water partition coefficient (Wildman–Crippen LogP) is 9.28. The molecule has 0 radical (unpaired) electrons. The Morgan fingerprint density at radius 3 is 1.95 bits per heavy atom. The van der Waals surface area contributed by atoms with Crippen molar-refractivity contribution >= 4 is 54.0 Å². The summed E-state index contributed by atoms with van der Waals surface area (Å²) in [5.41, 5.74) is 6.18. The van der Waals surface area contributed by atoms with Gasteiger partial charge in [0.05, 0.1) is 22.4 Å². The van der Waals surface area contributed by atoms with Gasteiger partial charge in [-0.05, 0) is 51.9 Å². The minimum atomic E-state index is 0.676. The number of benzene rings is 5. The van der Waals surface area contributed by atoms with Gasteiger partial charge in [-0.2, -0.15) is 0 Å². The molecule has 38 heavy (non-hydrogen) atoms. The first-order valence-electron chi connectivity index (χ1n) is 12.7. The molecule has 3 aromatic heterocycles. The maximum atomic E-state index is 5.17. The van der Waals surface area contributed by atoms with Crippen molar-refractivity contribution < 1.29 is 0 Å². The summed E-state index contributed by atoms with van der Waals surface area (Å²) in [6.45, 7) is 0. The Bertz CT molecular complexity index is 2070. The Labute approximate surface area is 223 Å². The SMILES string of the molecule is c1ccc(-c2cc(-c3ccccc3)nc(-n3c4cc5ccsc5cc4c4c5ccccc5ccc43)n2)cc1. The van der Waals surface area contributed by atoms with Crippen molar-refractivity contribution in [2.75, 3.05) is 0 Å². The van der Waals surface area contributed by atoms with Gasteiger partial charge in [0, 0.05) is 26.6 Å². The van der Waals surface area contributed by atoms with Crippen LogP contribution in [0, 0.1) is 0 Å². The van der Waals surface area contributed by atoms with Crippen LogP contribution in [0.3, 0.4) is 0 Å². The van der Waals surface area contributed by atoms with E-state index in [-0.39, 0.29) is 0 Å². The van der Waals surface area contributed by atoms with Crippen LogP contribution in [0.1, 0.15) is 0 Å². The van der Waals surface area contributed by atoms with E-state index in [1.807, 2.05) is 12.1 Å². The Hall–Kier alpha value is -4.80. The molecule has 5 aromatic carbocycles. The zero-order chi connectivity index (χ0) is 25.1. The number of aromatic nitrogens is 3. The maximum Gasteiger partial charge on any atom is 0.235 e. The molecule has 178 valence electrons. The molecule has 0 saturated carbocycles. The molecule has 4 heteroatoms. The first-order chi connectivity index (χ1) is 18.8. The highest BCUT2D eigenvalue weighted by Gasteiger charge is 2.19. The minimum Gasteiger partial charge on any atom is -0.278 e. The third-order valence-corrected chi connectivity index (χ3v) is 8.16. The van der Waals surface area contributed by atoms with E-state index in [4.69, 9.17) is 9.97 Å². The quantitative estimate of drug-likeness (QED) is 0.240. The van der Waals surface area contributed by atoms with Gasteiger partial charge in [-0.1, -0.05) is 91.0 Å². The fraction of sp³-hybridized carbons (Fsp3) is 0. The van der Waals surface area contributed by atoms with Gasteiger partial charge >= 0.3 is 0 Å². The number of nitrogens with zero attached hydrogens (tertiary/aromatic N) is 3. The van der Waals surface area contributed by atoms with Crippen LogP contribution in [-0.4, -0.2) is 14.5 Å². The topological polar surface area (TPSA) is 30.7 Å². The second-order valence-electron chi connectivity index (χ2n) is 9.51. The molecule has 3 nitrogen and oxygen atoms in total. The number of thiophene rings is 1. The molecule has 0 N–H and O–H groups in total. The van der Waals surface area contributed by atoms with Gasteiger partial charge in [-0.15, -0.1) is 11.3 Å². The molecule has 0 bridgehead atoms. The number of hydrogen-bond donors (Lipinski definition) is 0. The van der Waals surface area contributed by atoms with Crippen molar-refractivity contribution in [3.8, 4) is 28.5 Å². The fourth-order valence-electron chi connectivity index (χ4n) is 5.51. The van der Waals surface area contributed by atoms with E-state index in [0.29, 0.717) is 5.95 Å². The van der Waals surface area contributed by atoms with Crippen LogP contribution in [0.15, 0.2) is 127 Å². The predicted molar refractivity (Wildman–Crippen MR) is 160 cm³/mol. The first-order valence-corrected chi connectivity index (χ1v) is 13.5. The molecule has 0 amide bonds. The Kier molecular flexibility index (Phi) is 4.69. The molecule has 8 rings (SSSR count). The van der Waals surface area contributed by atoms with E-state index in [2.05, 4.69) is 119 Å². The summed E-state index contributed by atoms with van der Waals surface area (Å²) >= 11 is 1.78. The van der Waals surface area contributed by atoms with Gasteiger partial charge < -0.3 is 0 Å². The summed E-state index contributed by atoms with van der Waals surface area (Å²) in [6, 6.07) is 42.7. The molecule has 0 unspecified atom stereocenters. The summed E-state index contributed by atoms with van der Waals surface area (Å²) < 4.78 is 3.53. The third-order valence-electron chi connectivity index (χ3n) is 7.28. The highest BCUT2D eigenvalue weighted by atomic mass is 32.1. The summed E-state index contributed by atoms with van der Waals surface area (Å²) in [5.74, 6) is 0.676. The van der Waals surface area contributed by atoms with E-state index >= 15 is 0 Å². The van der Waals surface area contributed by atoms with Crippen molar-refractivity contribution in [2.24, 2.45) is 0 Å². The van der Waals surface area contributed by atoms with Crippen molar-refractivity contribution in [2.45, 2.75) is 0 Å². The highest BCUT2D eigenvalue weighted by molar-refractivity contribution is 7.17. The zero-order valence-corrected chi connectivity index (χ0v) is 21.2. The van der Waals surface area contributed by atoms with E-state index in [1.165, 1.54) is 31.6 Å². The molecule has 0 aliphatic rings. The van der Waals surface area contributed by atoms with Crippen LogP contribution in [0.25, 0.3) is 71.1 Å². The van der Waals surface area contributed by atoms with Gasteiger partial charge in [-0.25, -0.2) is 9.97 Å². The van der Waals surface area contributed by atoms with Gasteiger partial charge in [0.15, 0.2) is 0 Å². The Morgan fingerprint density at radius 1 is 0.526 bits per heavy atom. The molecule has 0 atom stereocenters. The van der Waals surface area contributed by atoms with Gasteiger partial charge in [0.1, 0.15) is 0 Å². The number of fused-ring (bicyclic) bond motifs is 6. The number of rotatable bonds is 3. The molecule has 0 aliphatic heterocycles. The molecule has 3 heterocycles. The van der Waals surface area contributed by atoms with Crippen LogP contribution >= 0.6 is 11.3 Å². The van der Waals surface area contributed by atoms with Crippen molar-refractivity contribution in [3.63, 3.8) is 0 Å². The summed E-state index contributed by atoms with van der Waals surface area (Å²) in [4.78, 5) is 10.3. The largest absolute Gasteiger partial charge is 0.278 e. The van der Waals surface area contributed by atoms with Gasteiger partial charge in [-0.3, -0.25) is 4.57 Å². The lowest BCUT2D eigenvalue weighted by molar-refractivity contribution is 0.996. The average molecular weight is 504 g/mol. The second kappa shape index (κ2) is 8.37. The Morgan fingerprint density at radius 2 is 1.21 bits per heavy atom. The van der Waals surface area contributed by atoms with Crippen LogP contribution < -0.4 is 0 Å². The molecular formula is C34H21N3S. The van der Waals surface area contributed by atoms with E-state index in [0.717, 1.165) is 33.5 Å². The lowest BCUT2D eigenvalue weighted by Gasteiger charge is -2.12. The summed E-state index contributed by atoms with van der Waals surface area (Å²) in [7, 11) is 0. The van der Waals surface area contributed by atoms with E-state index < -0.39 is 0 Å². The van der Waals surface area contributed by atoms with E-state index in [9.17, 15) is 0 Å².